The molecule has 32 heavy (non-hydrogen) atoms. The fourth-order valence-corrected chi connectivity index (χ4v) is 5.28. The maximum absolute atomic E-state index is 14.1. The number of carbonyl (C=O) groups excluding carboxylic acids is 3. The molecule has 4 rings (SSSR count). The van der Waals surface area contributed by atoms with Gasteiger partial charge in [-0.15, -0.1) is 0 Å². The van der Waals surface area contributed by atoms with Gasteiger partial charge in [0.15, 0.2) is 17.1 Å². The maximum atomic E-state index is 14.1. The summed E-state index contributed by atoms with van der Waals surface area (Å²) < 4.78 is 14.1. The van der Waals surface area contributed by atoms with E-state index in [1.807, 2.05) is 0 Å². The van der Waals surface area contributed by atoms with Gasteiger partial charge < -0.3 is 31.9 Å². The van der Waals surface area contributed by atoms with Crippen molar-refractivity contribution in [2.24, 2.45) is 17.6 Å². The van der Waals surface area contributed by atoms with Crippen LogP contribution in [0.5, 0.6) is 5.75 Å². The molecule has 3 unspecified atom stereocenters. The number of rotatable bonds is 2. The van der Waals surface area contributed by atoms with Crippen molar-refractivity contribution >= 4 is 28.9 Å². The second-order valence-corrected chi connectivity index (χ2v) is 8.62. The Hall–Kier alpha value is -3.44. The molecule has 0 saturated heterocycles. The molecular weight excluding hydrogens is 425 g/mol. The molecule has 0 spiro atoms. The third kappa shape index (κ3) is 2.55. The molecule has 0 aromatic heterocycles. The lowest BCUT2D eigenvalue weighted by molar-refractivity contribution is -0.153. The van der Waals surface area contributed by atoms with E-state index in [9.17, 15) is 39.2 Å². The number of likely N-dealkylation sites (N-methyl/N-ethyl adjacent to an activating group) is 1. The monoisotopic (exact) mass is 447 g/mol. The SMILES string of the molecule is CN(C)[C@@H]1C(=O)C(C(N)=O)=C(O)C2(O)C(=O)C3=C(O)c4c(cc(F)c(N)c4O)CC3CC12. The van der Waals surface area contributed by atoms with Crippen molar-refractivity contribution in [1.29, 1.82) is 0 Å². The number of aliphatic hydroxyl groups excluding tert-OH is 2. The van der Waals surface area contributed by atoms with Gasteiger partial charge in [-0.25, -0.2) is 4.39 Å². The minimum absolute atomic E-state index is 0.000696. The molecule has 3 aliphatic carbocycles. The van der Waals surface area contributed by atoms with E-state index in [2.05, 4.69) is 0 Å². The van der Waals surface area contributed by atoms with Crippen LogP contribution in [0.15, 0.2) is 23.0 Å². The first-order valence-corrected chi connectivity index (χ1v) is 9.78. The van der Waals surface area contributed by atoms with Gasteiger partial charge in [-0.1, -0.05) is 0 Å². The first-order chi connectivity index (χ1) is 14.8. The van der Waals surface area contributed by atoms with Gasteiger partial charge in [-0.2, -0.15) is 0 Å². The van der Waals surface area contributed by atoms with Crippen molar-refractivity contribution in [2.45, 2.75) is 24.5 Å². The number of phenols is 1. The molecule has 8 N–H and O–H groups in total. The van der Waals surface area contributed by atoms with Crippen molar-refractivity contribution in [2.75, 3.05) is 19.8 Å². The predicted molar refractivity (Wildman–Crippen MR) is 109 cm³/mol. The summed E-state index contributed by atoms with van der Waals surface area (Å²) in [4.78, 5) is 39.7. The number of hydrogen-bond donors (Lipinski definition) is 6. The van der Waals surface area contributed by atoms with Crippen molar-refractivity contribution in [3.05, 3.63) is 39.9 Å². The molecule has 170 valence electrons. The zero-order chi connectivity index (χ0) is 23.9. The average Bonchev–Trinajstić information content (AvgIpc) is 2.68. The minimum atomic E-state index is -2.72. The highest BCUT2D eigenvalue weighted by molar-refractivity contribution is 6.24. The van der Waals surface area contributed by atoms with Gasteiger partial charge in [0.25, 0.3) is 5.91 Å². The maximum Gasteiger partial charge on any atom is 0.255 e. The largest absolute Gasteiger partial charge is 0.508 e. The molecule has 1 aromatic rings. The number of anilines is 1. The highest BCUT2D eigenvalue weighted by atomic mass is 19.1. The van der Waals surface area contributed by atoms with Crippen LogP contribution in [-0.4, -0.2) is 68.5 Å². The van der Waals surface area contributed by atoms with E-state index in [0.29, 0.717) is 0 Å². The lowest BCUT2D eigenvalue weighted by Crippen LogP contribution is -2.65. The molecule has 10 nitrogen and oxygen atoms in total. The standard InChI is InChI=1S/C21H22FN3O7/c1-25(2)14-8-4-6-3-7-5-9(22)13(23)16(27)10(7)15(26)11(6)18(29)21(8,32)19(30)12(17(14)28)20(24)31/h5-6,8,14,26-27,30,32H,3-4,23H2,1-2H3,(H2,24,31)/t6?,8?,14-,21?/m0/s1. The molecular formula is C21H22FN3O7. The van der Waals surface area contributed by atoms with E-state index in [4.69, 9.17) is 11.5 Å². The number of ketones is 2. The molecule has 0 bridgehead atoms. The van der Waals surface area contributed by atoms with Gasteiger partial charge in [0.1, 0.15) is 28.6 Å². The minimum Gasteiger partial charge on any atom is -0.508 e. The Bertz CT molecular complexity index is 1170. The highest BCUT2D eigenvalue weighted by Gasteiger charge is 2.64. The summed E-state index contributed by atoms with van der Waals surface area (Å²) in [6.45, 7) is 0. The fraction of sp³-hybridized carbons (Fsp3) is 0.381. The first kappa shape index (κ1) is 21.8. The smallest absolute Gasteiger partial charge is 0.255 e. The quantitative estimate of drug-likeness (QED) is 0.201. The van der Waals surface area contributed by atoms with Crippen molar-refractivity contribution < 1.29 is 39.2 Å². The Morgan fingerprint density at radius 2 is 1.88 bits per heavy atom. The number of fused-ring (bicyclic) bond motifs is 3. The van der Waals surface area contributed by atoms with Crippen LogP contribution >= 0.6 is 0 Å². The number of benzene rings is 1. The van der Waals surface area contributed by atoms with Crippen LogP contribution in [-0.2, 0) is 20.8 Å². The Kier molecular flexibility index (Phi) is 4.61. The zero-order valence-corrected chi connectivity index (χ0v) is 17.2. The molecule has 1 aromatic carbocycles. The predicted octanol–water partition coefficient (Wildman–Crippen LogP) is -0.315. The van der Waals surface area contributed by atoms with Gasteiger partial charge in [-0.3, -0.25) is 19.3 Å². The summed E-state index contributed by atoms with van der Waals surface area (Å²) in [6.07, 6.45) is -0.0716. The average molecular weight is 447 g/mol. The van der Waals surface area contributed by atoms with Crippen molar-refractivity contribution in [3.63, 3.8) is 0 Å². The van der Waals surface area contributed by atoms with Crippen LogP contribution in [0.2, 0.25) is 0 Å². The number of halogens is 1. The molecule has 3 aliphatic rings. The molecule has 4 atom stereocenters. The van der Waals surface area contributed by atoms with E-state index in [1.54, 1.807) is 0 Å². The number of primary amides is 1. The summed E-state index contributed by atoms with van der Waals surface area (Å²) in [7, 11) is 3.01. The van der Waals surface area contributed by atoms with E-state index in [-0.39, 0.29) is 29.5 Å². The molecule has 0 radical (unpaired) electrons. The lowest BCUT2D eigenvalue weighted by Gasteiger charge is -2.50. The van der Waals surface area contributed by atoms with Crippen LogP contribution in [0.25, 0.3) is 5.76 Å². The number of Topliss-reactive ketones (excluding diaryl/α,β-unsaturated/α-hetero) is 2. The number of carbonyl (C=O) groups is 3. The topological polar surface area (TPSA) is 187 Å². The Morgan fingerprint density at radius 3 is 2.44 bits per heavy atom. The molecule has 11 heteroatoms. The number of hydrogen-bond acceptors (Lipinski definition) is 9. The van der Waals surface area contributed by atoms with Crippen molar-refractivity contribution in [1.82, 2.24) is 4.90 Å². The van der Waals surface area contributed by atoms with Crippen LogP contribution in [0, 0.1) is 17.7 Å². The number of aromatic hydroxyl groups is 1. The third-order valence-corrected chi connectivity index (χ3v) is 6.70. The Balaban J connectivity index is 1.99. The molecule has 0 aliphatic heterocycles. The van der Waals surface area contributed by atoms with Gasteiger partial charge >= 0.3 is 0 Å². The number of nitrogen functional groups attached to an aromatic ring is 1. The molecule has 1 amide bonds. The van der Waals surface area contributed by atoms with Crippen LogP contribution < -0.4 is 11.5 Å². The molecule has 0 heterocycles. The first-order valence-electron chi connectivity index (χ1n) is 9.78. The van der Waals surface area contributed by atoms with E-state index in [0.717, 1.165) is 6.07 Å². The highest BCUT2D eigenvalue weighted by Crippen LogP contribution is 2.53. The second-order valence-electron chi connectivity index (χ2n) is 8.62. The number of nitrogens with two attached hydrogens (primary N) is 2. The summed E-state index contributed by atoms with van der Waals surface area (Å²) in [5.41, 5.74) is 6.15. The van der Waals surface area contributed by atoms with Gasteiger partial charge in [0.2, 0.25) is 5.78 Å². The fourth-order valence-electron chi connectivity index (χ4n) is 5.28. The lowest BCUT2D eigenvalue weighted by atomic mass is 9.57. The van der Waals surface area contributed by atoms with Crippen LogP contribution in [0.1, 0.15) is 17.5 Å². The summed E-state index contributed by atoms with van der Waals surface area (Å²) in [5, 5.41) is 43.2. The summed E-state index contributed by atoms with van der Waals surface area (Å²) >= 11 is 0. The number of aliphatic hydroxyl groups is 3. The summed E-state index contributed by atoms with van der Waals surface area (Å²) in [5.74, 6) is -8.79. The van der Waals surface area contributed by atoms with Crippen LogP contribution in [0.4, 0.5) is 10.1 Å². The number of nitrogens with zero attached hydrogens (tertiary/aromatic N) is 1. The normalized spacial score (nSPS) is 29.7. The Labute approximate surface area is 181 Å². The van der Waals surface area contributed by atoms with Crippen molar-refractivity contribution in [3.8, 4) is 5.75 Å². The van der Waals surface area contributed by atoms with E-state index in [1.165, 1.54) is 19.0 Å². The van der Waals surface area contributed by atoms with Gasteiger partial charge in [-0.05, 0) is 44.5 Å². The van der Waals surface area contributed by atoms with Gasteiger partial charge in [0, 0.05) is 11.5 Å². The van der Waals surface area contributed by atoms with Gasteiger partial charge in [0.05, 0.1) is 11.6 Å². The van der Waals surface area contributed by atoms with E-state index >= 15 is 0 Å². The van der Waals surface area contributed by atoms with Crippen LogP contribution in [0.3, 0.4) is 0 Å². The molecule has 1 fully saturated rings. The van der Waals surface area contributed by atoms with E-state index < -0.39 is 75.3 Å². The zero-order valence-electron chi connectivity index (χ0n) is 17.2. The summed E-state index contributed by atoms with van der Waals surface area (Å²) in [6, 6.07) is -0.135. The second kappa shape index (κ2) is 6.78. The number of phenolic OH excluding ortho intramolecular Hbond substituents is 1. The number of amides is 1. The third-order valence-electron chi connectivity index (χ3n) is 6.70. The Morgan fingerprint density at radius 1 is 1.25 bits per heavy atom. The molecule has 1 saturated carbocycles.